The van der Waals surface area contributed by atoms with Crippen molar-refractivity contribution in [2.45, 2.75) is 96.5 Å². The lowest BCUT2D eigenvalue weighted by molar-refractivity contribution is -0.00847. The van der Waals surface area contributed by atoms with Gasteiger partial charge in [-0.25, -0.2) is 0 Å². The Labute approximate surface area is 126 Å². The van der Waals surface area contributed by atoms with Crippen LogP contribution in [0.15, 0.2) is 0 Å². The molecule has 0 amide bonds. The molecule has 120 valence electrons. The van der Waals surface area contributed by atoms with Crippen LogP contribution in [0, 0.1) is 5.92 Å². The van der Waals surface area contributed by atoms with Crippen LogP contribution in [0.3, 0.4) is 0 Å². The molecular weight excluding hydrogens is 246 g/mol. The highest BCUT2D eigenvalue weighted by Gasteiger charge is 2.31. The van der Waals surface area contributed by atoms with Crippen LogP contribution in [0.5, 0.6) is 0 Å². The minimum Gasteiger partial charge on any atom is -0.389 e. The maximum absolute atomic E-state index is 10.5. The average Bonchev–Trinajstić information content (AvgIpc) is 2.46. The molecular formula is C18H37NO. The van der Waals surface area contributed by atoms with Crippen LogP contribution < -0.4 is 5.32 Å². The Balaban J connectivity index is 1.93. The summed E-state index contributed by atoms with van der Waals surface area (Å²) >= 11 is 0. The first kappa shape index (κ1) is 18.0. The quantitative estimate of drug-likeness (QED) is 0.541. The Kier molecular flexibility index (Phi) is 9.54. The van der Waals surface area contributed by atoms with Crippen LogP contribution in [0.25, 0.3) is 0 Å². The molecule has 1 fully saturated rings. The van der Waals surface area contributed by atoms with Gasteiger partial charge in [-0.05, 0) is 44.6 Å². The van der Waals surface area contributed by atoms with Crippen LogP contribution in [-0.2, 0) is 0 Å². The minimum atomic E-state index is -0.410. The molecule has 0 aromatic carbocycles. The molecule has 0 spiro atoms. The van der Waals surface area contributed by atoms with Crippen LogP contribution in [0.2, 0.25) is 0 Å². The number of unbranched alkanes of at least 4 members (excludes halogenated alkanes) is 6. The van der Waals surface area contributed by atoms with Gasteiger partial charge in [-0.1, -0.05) is 58.8 Å². The number of hydrogen-bond donors (Lipinski definition) is 2. The van der Waals surface area contributed by atoms with Crippen LogP contribution in [0.1, 0.15) is 90.9 Å². The first-order valence-electron chi connectivity index (χ1n) is 9.13. The third-order valence-corrected chi connectivity index (χ3v) is 5.02. The zero-order valence-electron chi connectivity index (χ0n) is 13.9. The smallest absolute Gasteiger partial charge is 0.0771 e. The highest BCUT2D eigenvalue weighted by molar-refractivity contribution is 4.86. The van der Waals surface area contributed by atoms with Crippen molar-refractivity contribution in [2.24, 2.45) is 5.92 Å². The molecule has 0 heterocycles. The summed E-state index contributed by atoms with van der Waals surface area (Å²) in [7, 11) is 0. The van der Waals surface area contributed by atoms with E-state index < -0.39 is 5.60 Å². The molecule has 0 aromatic heterocycles. The summed E-state index contributed by atoms with van der Waals surface area (Å²) in [5, 5.41) is 14.0. The molecule has 20 heavy (non-hydrogen) atoms. The summed E-state index contributed by atoms with van der Waals surface area (Å²) in [5.41, 5.74) is -0.410. The van der Waals surface area contributed by atoms with Gasteiger partial charge >= 0.3 is 0 Å². The molecule has 0 aliphatic heterocycles. The summed E-state index contributed by atoms with van der Waals surface area (Å²) in [6, 6.07) is 0. The van der Waals surface area contributed by atoms with Gasteiger partial charge in [0.1, 0.15) is 0 Å². The third-order valence-electron chi connectivity index (χ3n) is 5.02. The molecule has 0 unspecified atom stereocenters. The summed E-state index contributed by atoms with van der Waals surface area (Å²) in [6.07, 6.45) is 15.2. The van der Waals surface area contributed by atoms with E-state index in [1.165, 1.54) is 64.2 Å². The van der Waals surface area contributed by atoms with Crippen molar-refractivity contribution in [3.8, 4) is 0 Å². The molecule has 2 N–H and O–H groups in total. The van der Waals surface area contributed by atoms with Gasteiger partial charge in [0.15, 0.2) is 0 Å². The average molecular weight is 284 g/mol. The molecule has 2 nitrogen and oxygen atoms in total. The summed E-state index contributed by atoms with van der Waals surface area (Å²) in [6.45, 7) is 6.42. The fourth-order valence-electron chi connectivity index (χ4n) is 3.33. The maximum Gasteiger partial charge on any atom is 0.0771 e. The largest absolute Gasteiger partial charge is 0.389 e. The Morgan fingerprint density at radius 2 is 1.55 bits per heavy atom. The van der Waals surface area contributed by atoms with Gasteiger partial charge in [0, 0.05) is 6.54 Å². The predicted molar refractivity (Wildman–Crippen MR) is 88.1 cm³/mol. The summed E-state index contributed by atoms with van der Waals surface area (Å²) in [5.74, 6) is 0.860. The number of hydrogen-bond acceptors (Lipinski definition) is 2. The predicted octanol–water partition coefficient (Wildman–Crippen LogP) is 4.66. The van der Waals surface area contributed by atoms with Crippen molar-refractivity contribution in [1.29, 1.82) is 0 Å². The van der Waals surface area contributed by atoms with Gasteiger partial charge < -0.3 is 10.4 Å². The summed E-state index contributed by atoms with van der Waals surface area (Å²) in [4.78, 5) is 0. The molecule has 2 heteroatoms. The van der Waals surface area contributed by atoms with E-state index in [-0.39, 0.29) is 0 Å². The van der Waals surface area contributed by atoms with Gasteiger partial charge in [0.25, 0.3) is 0 Å². The van der Waals surface area contributed by atoms with Crippen molar-refractivity contribution >= 4 is 0 Å². The Hall–Kier alpha value is -0.0800. The molecule has 1 aliphatic carbocycles. The van der Waals surface area contributed by atoms with Gasteiger partial charge in [0.2, 0.25) is 0 Å². The molecule has 0 bridgehead atoms. The normalized spacial score (nSPS) is 26.9. The number of nitrogens with one attached hydrogen (secondary N) is 1. The van der Waals surface area contributed by atoms with E-state index in [9.17, 15) is 5.11 Å². The highest BCUT2D eigenvalue weighted by atomic mass is 16.3. The second-order valence-corrected chi connectivity index (χ2v) is 6.87. The topological polar surface area (TPSA) is 32.3 Å². The lowest BCUT2D eigenvalue weighted by Gasteiger charge is -2.36. The van der Waals surface area contributed by atoms with E-state index >= 15 is 0 Å². The lowest BCUT2D eigenvalue weighted by Crippen LogP contribution is -2.43. The van der Waals surface area contributed by atoms with E-state index in [1.807, 2.05) is 0 Å². The molecule has 0 radical (unpaired) electrons. The molecule has 1 aliphatic rings. The zero-order chi connectivity index (χ0) is 14.7. The minimum absolute atomic E-state index is 0.410. The van der Waals surface area contributed by atoms with E-state index in [0.29, 0.717) is 0 Å². The van der Waals surface area contributed by atoms with Crippen LogP contribution in [-0.4, -0.2) is 23.8 Å². The Morgan fingerprint density at radius 1 is 0.950 bits per heavy atom. The molecule has 1 rings (SSSR count). The molecule has 0 atom stereocenters. The van der Waals surface area contributed by atoms with Gasteiger partial charge in [-0.3, -0.25) is 0 Å². The van der Waals surface area contributed by atoms with Gasteiger partial charge in [0.05, 0.1) is 5.60 Å². The van der Waals surface area contributed by atoms with Crippen molar-refractivity contribution in [1.82, 2.24) is 5.32 Å². The first-order chi connectivity index (χ1) is 9.70. The van der Waals surface area contributed by atoms with Crippen molar-refractivity contribution in [3.05, 3.63) is 0 Å². The highest BCUT2D eigenvalue weighted by Crippen LogP contribution is 2.33. The molecule has 0 saturated heterocycles. The summed E-state index contributed by atoms with van der Waals surface area (Å²) < 4.78 is 0. The number of rotatable bonds is 11. The van der Waals surface area contributed by atoms with E-state index in [4.69, 9.17) is 0 Å². The third kappa shape index (κ3) is 7.64. The molecule has 0 aromatic rings. The fraction of sp³-hybridized carbons (Fsp3) is 1.00. The standard InChI is InChI=1S/C18H37NO/c1-3-5-6-7-8-9-10-15-19-16-18(20)13-11-17(4-2)12-14-18/h17,19-20H,3-16H2,1-2H3. The zero-order valence-corrected chi connectivity index (χ0v) is 13.9. The number of aliphatic hydroxyl groups is 1. The second-order valence-electron chi connectivity index (χ2n) is 6.87. The van der Waals surface area contributed by atoms with Crippen LogP contribution in [0.4, 0.5) is 0 Å². The SMILES string of the molecule is CCCCCCCCCNCC1(O)CCC(CC)CC1. The van der Waals surface area contributed by atoms with Crippen LogP contribution >= 0.6 is 0 Å². The molecule has 1 saturated carbocycles. The maximum atomic E-state index is 10.5. The monoisotopic (exact) mass is 283 g/mol. The van der Waals surface area contributed by atoms with Crippen molar-refractivity contribution < 1.29 is 5.11 Å². The first-order valence-corrected chi connectivity index (χ1v) is 9.13. The van der Waals surface area contributed by atoms with Crippen molar-refractivity contribution in [2.75, 3.05) is 13.1 Å². The Morgan fingerprint density at radius 3 is 2.15 bits per heavy atom. The second kappa shape index (κ2) is 10.6. The fourth-order valence-corrected chi connectivity index (χ4v) is 3.33. The van der Waals surface area contributed by atoms with E-state index in [1.54, 1.807) is 0 Å². The Bertz CT molecular complexity index is 221. The van der Waals surface area contributed by atoms with E-state index in [2.05, 4.69) is 19.2 Å². The van der Waals surface area contributed by atoms with Crippen molar-refractivity contribution in [3.63, 3.8) is 0 Å². The van der Waals surface area contributed by atoms with Gasteiger partial charge in [-0.2, -0.15) is 0 Å². The van der Waals surface area contributed by atoms with E-state index in [0.717, 1.165) is 31.8 Å². The van der Waals surface area contributed by atoms with Gasteiger partial charge in [-0.15, -0.1) is 0 Å². The lowest BCUT2D eigenvalue weighted by atomic mass is 9.78.